The van der Waals surface area contributed by atoms with Crippen LogP contribution in [0.5, 0.6) is 0 Å². The number of rotatable bonds is 3. The highest BCUT2D eigenvalue weighted by Gasteiger charge is 2.11. The van der Waals surface area contributed by atoms with Gasteiger partial charge < -0.3 is 10.6 Å². The maximum atomic E-state index is 4.04. The normalized spacial score (nSPS) is 21.3. The second kappa shape index (κ2) is 5.07. The molecule has 1 fully saturated rings. The van der Waals surface area contributed by atoms with Crippen LogP contribution in [0.25, 0.3) is 0 Å². The van der Waals surface area contributed by atoms with E-state index in [4.69, 9.17) is 0 Å². The predicted octanol–water partition coefficient (Wildman–Crippen LogP) is 1.34. The Balaban J connectivity index is 1.81. The highest BCUT2D eigenvalue weighted by Crippen LogP contribution is 2.08. The van der Waals surface area contributed by atoms with Crippen molar-refractivity contribution in [2.75, 3.05) is 18.4 Å². The molecule has 1 atom stereocenters. The van der Waals surface area contributed by atoms with Gasteiger partial charge >= 0.3 is 0 Å². The van der Waals surface area contributed by atoms with Gasteiger partial charge in [0.2, 0.25) is 0 Å². The van der Waals surface area contributed by atoms with Crippen LogP contribution in [0.2, 0.25) is 0 Å². The Bertz CT molecular complexity index is 307. The van der Waals surface area contributed by atoms with Gasteiger partial charge in [0, 0.05) is 12.6 Å². The number of hydrogen-bond donors (Lipinski definition) is 2. The molecule has 0 aliphatic carbocycles. The van der Waals surface area contributed by atoms with Crippen LogP contribution >= 0.6 is 0 Å². The third-order valence-corrected chi connectivity index (χ3v) is 2.73. The van der Waals surface area contributed by atoms with Crippen molar-refractivity contribution >= 4 is 5.82 Å². The van der Waals surface area contributed by atoms with E-state index in [1.54, 1.807) is 6.20 Å². The van der Waals surface area contributed by atoms with Gasteiger partial charge in [0.25, 0.3) is 0 Å². The Kier molecular flexibility index (Phi) is 3.50. The Labute approximate surface area is 90.5 Å². The van der Waals surface area contributed by atoms with Crippen LogP contribution in [0.15, 0.2) is 12.3 Å². The monoisotopic (exact) mass is 206 g/mol. The van der Waals surface area contributed by atoms with Crippen LogP contribution in [-0.4, -0.2) is 29.3 Å². The number of aryl methyl sites for hydroxylation is 1. The first-order valence-corrected chi connectivity index (χ1v) is 5.61. The van der Waals surface area contributed by atoms with Crippen LogP contribution in [0, 0.1) is 6.92 Å². The van der Waals surface area contributed by atoms with Crippen LogP contribution in [0.1, 0.15) is 24.8 Å². The molecule has 1 aromatic rings. The highest BCUT2D eigenvalue weighted by atomic mass is 15.2. The molecule has 2 rings (SSSR count). The van der Waals surface area contributed by atoms with Gasteiger partial charge in [-0.15, -0.1) is 5.10 Å². The largest absolute Gasteiger partial charge is 0.367 e. The number of nitrogens with zero attached hydrogens (tertiary/aromatic N) is 2. The average Bonchev–Trinajstić information content (AvgIpc) is 2.28. The fourth-order valence-electron chi connectivity index (χ4n) is 1.88. The SMILES string of the molecule is Cc1cnnc(NCC2CCCCN2)c1. The standard InChI is InChI=1S/C11H18N4/c1-9-6-11(15-14-7-9)13-8-10-4-2-3-5-12-10/h6-7,10,12H,2-5,8H2,1H3,(H,13,15). The first kappa shape index (κ1) is 10.4. The fourth-order valence-corrected chi connectivity index (χ4v) is 1.88. The average molecular weight is 206 g/mol. The Morgan fingerprint density at radius 3 is 3.20 bits per heavy atom. The van der Waals surface area contributed by atoms with Crippen molar-refractivity contribution in [3.05, 3.63) is 17.8 Å². The second-order valence-electron chi connectivity index (χ2n) is 4.15. The van der Waals surface area contributed by atoms with Gasteiger partial charge in [-0.25, -0.2) is 0 Å². The van der Waals surface area contributed by atoms with E-state index in [0.29, 0.717) is 6.04 Å². The lowest BCUT2D eigenvalue weighted by Gasteiger charge is -2.23. The van der Waals surface area contributed by atoms with Crippen LogP contribution in [0.4, 0.5) is 5.82 Å². The van der Waals surface area contributed by atoms with E-state index < -0.39 is 0 Å². The van der Waals surface area contributed by atoms with E-state index in [-0.39, 0.29) is 0 Å². The lowest BCUT2D eigenvalue weighted by molar-refractivity contribution is 0.414. The first-order valence-electron chi connectivity index (χ1n) is 5.61. The molecule has 0 radical (unpaired) electrons. The van der Waals surface area contributed by atoms with Gasteiger partial charge in [0.1, 0.15) is 5.82 Å². The Hall–Kier alpha value is -1.16. The summed E-state index contributed by atoms with van der Waals surface area (Å²) in [5, 5.41) is 14.8. The maximum Gasteiger partial charge on any atom is 0.148 e. The van der Waals surface area contributed by atoms with Gasteiger partial charge in [-0.05, 0) is 37.9 Å². The molecule has 82 valence electrons. The first-order chi connectivity index (χ1) is 7.34. The molecule has 4 heteroatoms. The van der Waals surface area contributed by atoms with Gasteiger partial charge in [-0.2, -0.15) is 5.10 Å². The zero-order chi connectivity index (χ0) is 10.5. The summed E-state index contributed by atoms with van der Waals surface area (Å²) in [4.78, 5) is 0. The quantitative estimate of drug-likeness (QED) is 0.783. The highest BCUT2D eigenvalue weighted by molar-refractivity contribution is 5.35. The van der Waals surface area contributed by atoms with Gasteiger partial charge in [0.15, 0.2) is 0 Å². The summed E-state index contributed by atoms with van der Waals surface area (Å²) >= 11 is 0. The third-order valence-electron chi connectivity index (χ3n) is 2.73. The number of piperidine rings is 1. The van der Waals surface area contributed by atoms with E-state index in [9.17, 15) is 0 Å². The molecule has 2 N–H and O–H groups in total. The van der Waals surface area contributed by atoms with Crippen molar-refractivity contribution < 1.29 is 0 Å². The van der Waals surface area contributed by atoms with Crippen LogP contribution in [0.3, 0.4) is 0 Å². The minimum Gasteiger partial charge on any atom is -0.367 e. The molecule has 4 nitrogen and oxygen atoms in total. The molecule has 1 unspecified atom stereocenters. The summed E-state index contributed by atoms with van der Waals surface area (Å²) in [6.07, 6.45) is 5.66. The summed E-state index contributed by atoms with van der Waals surface area (Å²) in [6.45, 7) is 4.11. The van der Waals surface area contributed by atoms with Crippen molar-refractivity contribution in [2.24, 2.45) is 0 Å². The Morgan fingerprint density at radius 2 is 2.47 bits per heavy atom. The molecular formula is C11H18N4. The maximum absolute atomic E-state index is 4.04. The van der Waals surface area contributed by atoms with Crippen molar-refractivity contribution in [2.45, 2.75) is 32.2 Å². The van der Waals surface area contributed by atoms with Gasteiger partial charge in [-0.1, -0.05) is 6.42 Å². The molecule has 0 amide bonds. The summed E-state index contributed by atoms with van der Waals surface area (Å²) < 4.78 is 0. The zero-order valence-corrected chi connectivity index (χ0v) is 9.16. The molecule has 0 bridgehead atoms. The van der Waals surface area contributed by atoms with Crippen LogP contribution < -0.4 is 10.6 Å². The molecule has 15 heavy (non-hydrogen) atoms. The fraction of sp³-hybridized carbons (Fsp3) is 0.636. The van der Waals surface area contributed by atoms with Gasteiger partial charge in [0.05, 0.1) is 6.20 Å². The van der Waals surface area contributed by atoms with E-state index in [1.807, 2.05) is 13.0 Å². The summed E-state index contributed by atoms with van der Waals surface area (Å²) in [5.74, 6) is 0.877. The van der Waals surface area contributed by atoms with Crippen molar-refractivity contribution in [3.8, 4) is 0 Å². The summed E-state index contributed by atoms with van der Waals surface area (Å²) in [7, 11) is 0. The number of anilines is 1. The molecule has 0 aromatic carbocycles. The van der Waals surface area contributed by atoms with Gasteiger partial charge in [-0.3, -0.25) is 0 Å². The van der Waals surface area contributed by atoms with Crippen molar-refractivity contribution in [3.63, 3.8) is 0 Å². The minimum absolute atomic E-state index is 0.584. The molecule has 1 saturated heterocycles. The van der Waals surface area contributed by atoms with Crippen molar-refractivity contribution in [1.82, 2.24) is 15.5 Å². The van der Waals surface area contributed by atoms with Crippen molar-refractivity contribution in [1.29, 1.82) is 0 Å². The number of hydrogen-bond acceptors (Lipinski definition) is 4. The third kappa shape index (κ3) is 3.16. The molecule has 2 heterocycles. The minimum atomic E-state index is 0.584. The van der Waals surface area contributed by atoms with E-state index in [2.05, 4.69) is 20.8 Å². The molecule has 0 saturated carbocycles. The van der Waals surface area contributed by atoms with E-state index >= 15 is 0 Å². The molecular weight excluding hydrogens is 188 g/mol. The number of nitrogens with one attached hydrogen (secondary N) is 2. The molecule has 1 aliphatic heterocycles. The second-order valence-corrected chi connectivity index (χ2v) is 4.15. The summed E-state index contributed by atoms with van der Waals surface area (Å²) in [5.41, 5.74) is 1.14. The topological polar surface area (TPSA) is 49.8 Å². The Morgan fingerprint density at radius 1 is 1.53 bits per heavy atom. The molecule has 0 spiro atoms. The lowest BCUT2D eigenvalue weighted by Crippen LogP contribution is -2.39. The zero-order valence-electron chi connectivity index (χ0n) is 9.16. The predicted molar refractivity (Wildman–Crippen MR) is 60.9 cm³/mol. The smallest absolute Gasteiger partial charge is 0.148 e. The van der Waals surface area contributed by atoms with E-state index in [0.717, 1.165) is 24.5 Å². The molecule has 1 aliphatic rings. The van der Waals surface area contributed by atoms with Crippen LogP contribution in [-0.2, 0) is 0 Å². The number of aromatic nitrogens is 2. The lowest BCUT2D eigenvalue weighted by atomic mass is 10.1. The van der Waals surface area contributed by atoms with E-state index in [1.165, 1.54) is 19.3 Å². The summed E-state index contributed by atoms with van der Waals surface area (Å²) in [6, 6.07) is 2.61. The molecule has 1 aromatic heterocycles.